The van der Waals surface area contributed by atoms with E-state index in [1.165, 1.54) is 32.1 Å². The van der Waals surface area contributed by atoms with Crippen LogP contribution >= 0.6 is 0 Å². The third-order valence-electron chi connectivity index (χ3n) is 4.01. The monoisotopic (exact) mass is 210 g/mol. The van der Waals surface area contributed by atoms with Gasteiger partial charge in [-0.05, 0) is 25.7 Å². The molecule has 2 aliphatic rings. The first kappa shape index (κ1) is 11.1. The van der Waals surface area contributed by atoms with Crippen LogP contribution in [0.3, 0.4) is 0 Å². The lowest BCUT2D eigenvalue weighted by atomic mass is 9.82. The van der Waals surface area contributed by atoms with Gasteiger partial charge >= 0.3 is 0 Å². The first-order chi connectivity index (χ1) is 7.21. The molecule has 2 nitrogen and oxygen atoms in total. The Morgan fingerprint density at radius 3 is 2.60 bits per heavy atom. The second-order valence-electron chi connectivity index (χ2n) is 5.31. The van der Waals surface area contributed by atoms with E-state index in [0.29, 0.717) is 11.7 Å². The van der Waals surface area contributed by atoms with Crippen molar-refractivity contribution >= 4 is 5.78 Å². The fourth-order valence-corrected chi connectivity index (χ4v) is 2.87. The van der Waals surface area contributed by atoms with Crippen LogP contribution in [0.5, 0.6) is 0 Å². The van der Waals surface area contributed by atoms with Crippen LogP contribution in [0, 0.1) is 5.92 Å². The predicted molar refractivity (Wildman–Crippen MR) is 59.8 cm³/mol. The first-order valence-electron chi connectivity index (χ1n) is 6.38. The lowest BCUT2D eigenvalue weighted by molar-refractivity contribution is -0.138. The summed E-state index contributed by atoms with van der Waals surface area (Å²) in [6.45, 7) is 2.75. The molecule has 1 saturated carbocycles. The number of Topliss-reactive ketones (excluding diaryl/α,β-unsaturated/α-hetero) is 1. The minimum absolute atomic E-state index is 0.354. The van der Waals surface area contributed by atoms with Gasteiger partial charge in [-0.3, -0.25) is 4.79 Å². The maximum atomic E-state index is 12.1. The Balaban J connectivity index is 1.85. The molecule has 15 heavy (non-hydrogen) atoms. The van der Waals surface area contributed by atoms with Gasteiger partial charge in [0.05, 0.1) is 0 Å². The molecule has 1 unspecified atom stereocenters. The average Bonchev–Trinajstić information content (AvgIpc) is 2.68. The fourth-order valence-electron chi connectivity index (χ4n) is 2.87. The molecule has 2 fully saturated rings. The fraction of sp³-hybridized carbons (Fsp3) is 0.923. The molecule has 86 valence electrons. The van der Waals surface area contributed by atoms with Gasteiger partial charge in [0, 0.05) is 13.0 Å². The standard InChI is InChI=1S/C13H22O2/c1-13(8-5-9-15-13)12(14)10-11-6-3-2-4-7-11/h11H,2-10H2,1H3. The highest BCUT2D eigenvalue weighted by Gasteiger charge is 2.38. The Labute approximate surface area is 92.4 Å². The van der Waals surface area contributed by atoms with Gasteiger partial charge in [0.2, 0.25) is 0 Å². The topological polar surface area (TPSA) is 26.3 Å². The van der Waals surface area contributed by atoms with Crippen molar-refractivity contribution < 1.29 is 9.53 Å². The lowest BCUT2D eigenvalue weighted by Crippen LogP contribution is -2.35. The molecule has 0 aromatic heterocycles. The number of hydrogen-bond donors (Lipinski definition) is 0. The first-order valence-corrected chi connectivity index (χ1v) is 6.38. The van der Waals surface area contributed by atoms with E-state index in [-0.39, 0.29) is 0 Å². The molecule has 1 aliphatic carbocycles. The van der Waals surface area contributed by atoms with Gasteiger partial charge in [-0.2, -0.15) is 0 Å². The van der Waals surface area contributed by atoms with Crippen LogP contribution in [0.1, 0.15) is 58.3 Å². The zero-order chi connectivity index (χ0) is 10.7. The van der Waals surface area contributed by atoms with E-state index >= 15 is 0 Å². The van der Waals surface area contributed by atoms with Crippen molar-refractivity contribution in [3.8, 4) is 0 Å². The highest BCUT2D eigenvalue weighted by atomic mass is 16.5. The van der Waals surface area contributed by atoms with E-state index in [0.717, 1.165) is 25.9 Å². The Morgan fingerprint density at radius 2 is 2.00 bits per heavy atom. The number of rotatable bonds is 3. The quantitative estimate of drug-likeness (QED) is 0.715. The number of hydrogen-bond acceptors (Lipinski definition) is 2. The van der Waals surface area contributed by atoms with Crippen LogP contribution in [-0.4, -0.2) is 18.0 Å². The van der Waals surface area contributed by atoms with E-state index < -0.39 is 5.60 Å². The van der Waals surface area contributed by atoms with Gasteiger partial charge in [-0.25, -0.2) is 0 Å². The summed E-state index contributed by atoms with van der Waals surface area (Å²) in [6.07, 6.45) is 9.23. The maximum Gasteiger partial charge on any atom is 0.164 e. The number of carbonyl (C=O) groups is 1. The van der Waals surface area contributed by atoms with Crippen molar-refractivity contribution in [2.24, 2.45) is 5.92 Å². The van der Waals surface area contributed by atoms with Crippen molar-refractivity contribution in [2.75, 3.05) is 6.61 Å². The number of ketones is 1. The molecule has 2 heteroatoms. The van der Waals surface area contributed by atoms with Crippen molar-refractivity contribution in [3.05, 3.63) is 0 Å². The molecule has 2 rings (SSSR count). The summed E-state index contributed by atoms with van der Waals surface area (Å²) in [5.74, 6) is 0.999. The minimum Gasteiger partial charge on any atom is -0.368 e. The third kappa shape index (κ3) is 2.60. The van der Waals surface area contributed by atoms with E-state index in [1.54, 1.807) is 0 Å². The van der Waals surface area contributed by atoms with E-state index in [4.69, 9.17) is 4.74 Å². The van der Waals surface area contributed by atoms with Crippen molar-refractivity contribution in [3.63, 3.8) is 0 Å². The van der Waals surface area contributed by atoms with Gasteiger partial charge in [0.15, 0.2) is 5.78 Å². The van der Waals surface area contributed by atoms with Gasteiger partial charge < -0.3 is 4.74 Å². The molecule has 1 atom stereocenters. The molecule has 0 aromatic rings. The second kappa shape index (κ2) is 4.65. The third-order valence-corrected chi connectivity index (χ3v) is 4.01. The van der Waals surface area contributed by atoms with Gasteiger partial charge in [-0.15, -0.1) is 0 Å². The molecular formula is C13H22O2. The molecule has 0 spiro atoms. The summed E-state index contributed by atoms with van der Waals surface area (Å²) in [5, 5.41) is 0. The Morgan fingerprint density at radius 1 is 1.27 bits per heavy atom. The van der Waals surface area contributed by atoms with Crippen LogP contribution in [-0.2, 0) is 9.53 Å². The molecule has 0 amide bonds. The summed E-state index contributed by atoms with van der Waals surface area (Å²) in [4.78, 5) is 12.1. The molecule has 1 heterocycles. The Bertz CT molecular complexity index is 223. The summed E-state index contributed by atoms with van der Waals surface area (Å²) in [6, 6.07) is 0. The summed E-state index contributed by atoms with van der Waals surface area (Å²) in [5.41, 5.74) is -0.433. The lowest BCUT2D eigenvalue weighted by Gasteiger charge is -2.26. The molecular weight excluding hydrogens is 188 g/mol. The van der Waals surface area contributed by atoms with Gasteiger partial charge in [-0.1, -0.05) is 32.1 Å². The molecule has 0 radical (unpaired) electrons. The Kier molecular flexibility index (Phi) is 3.45. The largest absolute Gasteiger partial charge is 0.368 e. The normalized spacial score (nSPS) is 33.1. The molecule has 0 bridgehead atoms. The zero-order valence-electron chi connectivity index (χ0n) is 9.76. The summed E-state index contributed by atoms with van der Waals surface area (Å²) < 4.78 is 5.59. The van der Waals surface area contributed by atoms with Crippen LogP contribution in [0.4, 0.5) is 0 Å². The minimum atomic E-state index is -0.433. The maximum absolute atomic E-state index is 12.1. The van der Waals surface area contributed by atoms with E-state index in [9.17, 15) is 4.79 Å². The molecule has 0 N–H and O–H groups in total. The highest BCUT2D eigenvalue weighted by molar-refractivity contribution is 5.87. The summed E-state index contributed by atoms with van der Waals surface area (Å²) >= 11 is 0. The van der Waals surface area contributed by atoms with Crippen LogP contribution in [0.2, 0.25) is 0 Å². The van der Waals surface area contributed by atoms with Gasteiger partial charge in [0.1, 0.15) is 5.60 Å². The molecule has 0 aromatic carbocycles. The molecule has 1 aliphatic heterocycles. The zero-order valence-corrected chi connectivity index (χ0v) is 9.76. The Hall–Kier alpha value is -0.370. The van der Waals surface area contributed by atoms with Crippen molar-refractivity contribution in [2.45, 2.75) is 63.9 Å². The number of ether oxygens (including phenoxy) is 1. The predicted octanol–water partition coefficient (Wildman–Crippen LogP) is 3.10. The van der Waals surface area contributed by atoms with E-state index in [1.807, 2.05) is 6.92 Å². The van der Waals surface area contributed by atoms with Crippen LogP contribution in [0.15, 0.2) is 0 Å². The second-order valence-corrected chi connectivity index (χ2v) is 5.31. The SMILES string of the molecule is CC1(C(=O)CC2CCCCC2)CCCO1. The van der Waals surface area contributed by atoms with E-state index in [2.05, 4.69) is 0 Å². The smallest absolute Gasteiger partial charge is 0.164 e. The number of carbonyl (C=O) groups excluding carboxylic acids is 1. The average molecular weight is 210 g/mol. The highest BCUT2D eigenvalue weighted by Crippen LogP contribution is 2.32. The van der Waals surface area contributed by atoms with Crippen molar-refractivity contribution in [1.82, 2.24) is 0 Å². The summed E-state index contributed by atoms with van der Waals surface area (Å²) in [7, 11) is 0. The van der Waals surface area contributed by atoms with Crippen LogP contribution in [0.25, 0.3) is 0 Å². The van der Waals surface area contributed by atoms with Gasteiger partial charge in [0.25, 0.3) is 0 Å². The molecule has 1 saturated heterocycles. The van der Waals surface area contributed by atoms with Crippen molar-refractivity contribution in [1.29, 1.82) is 0 Å². The van der Waals surface area contributed by atoms with Crippen LogP contribution < -0.4 is 0 Å².